The molecule has 1 aromatic rings. The molecule has 0 bridgehead atoms. The van der Waals surface area contributed by atoms with Crippen LogP contribution in [0.3, 0.4) is 0 Å². The molecule has 0 aromatic heterocycles. The Morgan fingerprint density at radius 1 is 1.21 bits per heavy atom. The summed E-state index contributed by atoms with van der Waals surface area (Å²) < 4.78 is 24.6. The van der Waals surface area contributed by atoms with Gasteiger partial charge in [0.25, 0.3) is 0 Å². The number of carbonyl (C=O) groups is 3. The van der Waals surface area contributed by atoms with Crippen LogP contribution in [0.2, 0.25) is 5.02 Å². The molecule has 11 heteroatoms. The normalized spacial score (nSPS) is 20.4. The number of halogens is 1. The number of amides is 3. The quantitative estimate of drug-likeness (QED) is 0.594. The monoisotopic (exact) mass is 444 g/mol. The average Bonchev–Trinajstić information content (AvgIpc) is 2.64. The van der Waals surface area contributed by atoms with E-state index in [4.69, 9.17) is 11.6 Å². The van der Waals surface area contributed by atoms with Crippen molar-refractivity contribution in [2.75, 3.05) is 39.5 Å². The molecule has 1 saturated heterocycles. The summed E-state index contributed by atoms with van der Waals surface area (Å²) in [5.74, 6) is -1.48. The maximum atomic E-state index is 12.7. The summed E-state index contributed by atoms with van der Waals surface area (Å²) in [7, 11) is -2.20. The van der Waals surface area contributed by atoms with Gasteiger partial charge in [0, 0.05) is 25.2 Å². The van der Waals surface area contributed by atoms with Gasteiger partial charge >= 0.3 is 0 Å². The van der Waals surface area contributed by atoms with Crippen molar-refractivity contribution in [2.24, 2.45) is 0 Å². The minimum Gasteiger partial charge on any atom is -0.354 e. The maximum absolute atomic E-state index is 12.7. The Bertz CT molecular complexity index is 890. The van der Waals surface area contributed by atoms with Crippen molar-refractivity contribution in [1.29, 1.82) is 0 Å². The summed E-state index contributed by atoms with van der Waals surface area (Å²) >= 11 is 5.82. The summed E-state index contributed by atoms with van der Waals surface area (Å²) in [5.41, 5.74) is -0.406. The van der Waals surface area contributed by atoms with Crippen LogP contribution >= 0.6 is 11.6 Å². The highest BCUT2D eigenvalue weighted by atomic mass is 35.5. The number of hydrogen-bond acceptors (Lipinski definition) is 5. The third-order valence-electron chi connectivity index (χ3n) is 4.93. The van der Waals surface area contributed by atoms with Crippen LogP contribution in [0, 0.1) is 0 Å². The molecule has 0 aliphatic carbocycles. The largest absolute Gasteiger partial charge is 0.354 e. The van der Waals surface area contributed by atoms with Crippen LogP contribution in [0.4, 0.5) is 0 Å². The molecule has 0 spiro atoms. The Kier molecular flexibility index (Phi) is 7.25. The Balaban J connectivity index is 1.88. The molecule has 1 heterocycles. The first-order valence-corrected chi connectivity index (χ1v) is 11.2. The fourth-order valence-electron chi connectivity index (χ4n) is 2.91. The van der Waals surface area contributed by atoms with Gasteiger partial charge in [-0.1, -0.05) is 23.7 Å². The summed E-state index contributed by atoms with van der Waals surface area (Å²) in [6.45, 7) is 1.07. The zero-order valence-electron chi connectivity index (χ0n) is 16.6. The van der Waals surface area contributed by atoms with Gasteiger partial charge in [-0.05, 0) is 31.0 Å². The average molecular weight is 445 g/mol. The van der Waals surface area contributed by atoms with Crippen molar-refractivity contribution in [3.8, 4) is 0 Å². The van der Waals surface area contributed by atoms with E-state index < -0.39 is 27.4 Å². The molecule has 1 unspecified atom stereocenters. The SMILES string of the molecule is CN1C(=O)CN(S(C)(=O)=O)CC1(C)C(=O)NCC(=O)NCCc1ccc(Cl)cc1. The smallest absolute Gasteiger partial charge is 0.247 e. The van der Waals surface area contributed by atoms with Gasteiger partial charge in [-0.25, -0.2) is 8.42 Å². The van der Waals surface area contributed by atoms with Gasteiger partial charge in [-0.15, -0.1) is 0 Å². The lowest BCUT2D eigenvalue weighted by molar-refractivity contribution is -0.150. The molecule has 160 valence electrons. The molecule has 0 saturated carbocycles. The highest BCUT2D eigenvalue weighted by molar-refractivity contribution is 7.88. The van der Waals surface area contributed by atoms with Crippen molar-refractivity contribution in [2.45, 2.75) is 18.9 Å². The zero-order chi connectivity index (χ0) is 21.8. The van der Waals surface area contributed by atoms with Gasteiger partial charge in [0.05, 0.1) is 19.3 Å². The highest BCUT2D eigenvalue weighted by Crippen LogP contribution is 2.22. The molecule has 1 atom stereocenters. The Morgan fingerprint density at radius 2 is 1.83 bits per heavy atom. The number of rotatable bonds is 7. The third-order valence-corrected chi connectivity index (χ3v) is 6.38. The predicted molar refractivity (Wildman–Crippen MR) is 109 cm³/mol. The molecule has 2 N–H and O–H groups in total. The van der Waals surface area contributed by atoms with Gasteiger partial charge in [-0.3, -0.25) is 14.4 Å². The van der Waals surface area contributed by atoms with Crippen LogP contribution in [-0.2, 0) is 30.8 Å². The molecule has 1 fully saturated rings. The molecule has 3 amide bonds. The molecule has 0 radical (unpaired) electrons. The minimum absolute atomic E-state index is 0.182. The van der Waals surface area contributed by atoms with E-state index >= 15 is 0 Å². The van der Waals surface area contributed by atoms with Gasteiger partial charge in [0.1, 0.15) is 5.54 Å². The van der Waals surface area contributed by atoms with Crippen LogP contribution in [0.1, 0.15) is 12.5 Å². The lowest BCUT2D eigenvalue weighted by atomic mass is 9.96. The van der Waals surface area contributed by atoms with E-state index in [-0.39, 0.29) is 25.5 Å². The van der Waals surface area contributed by atoms with Crippen LogP contribution in [0.25, 0.3) is 0 Å². The molecule has 2 rings (SSSR count). The summed E-state index contributed by atoms with van der Waals surface area (Å²) in [6, 6.07) is 7.25. The van der Waals surface area contributed by atoms with Crippen LogP contribution in [0.5, 0.6) is 0 Å². The second-order valence-corrected chi connectivity index (χ2v) is 9.59. The lowest BCUT2D eigenvalue weighted by Gasteiger charge is -2.44. The first-order chi connectivity index (χ1) is 13.4. The van der Waals surface area contributed by atoms with Gasteiger partial charge in [0.15, 0.2) is 0 Å². The lowest BCUT2D eigenvalue weighted by Crippen LogP contribution is -2.68. The summed E-state index contributed by atoms with van der Waals surface area (Å²) in [6.07, 6.45) is 1.59. The van der Waals surface area contributed by atoms with E-state index in [2.05, 4.69) is 10.6 Å². The number of hydrogen-bond donors (Lipinski definition) is 2. The number of nitrogens with zero attached hydrogens (tertiary/aromatic N) is 2. The van der Waals surface area contributed by atoms with Crippen molar-refractivity contribution in [3.63, 3.8) is 0 Å². The molecule has 1 aromatic carbocycles. The van der Waals surface area contributed by atoms with Crippen molar-refractivity contribution >= 4 is 39.3 Å². The number of piperazine rings is 1. The fraction of sp³-hybridized carbons (Fsp3) is 0.500. The Hall–Kier alpha value is -2.17. The summed E-state index contributed by atoms with van der Waals surface area (Å²) in [4.78, 5) is 38.0. The summed E-state index contributed by atoms with van der Waals surface area (Å²) in [5, 5.41) is 5.82. The van der Waals surface area contributed by atoms with E-state index in [1.165, 1.54) is 18.9 Å². The Morgan fingerprint density at radius 3 is 2.41 bits per heavy atom. The van der Waals surface area contributed by atoms with E-state index in [9.17, 15) is 22.8 Å². The minimum atomic E-state index is -3.64. The van der Waals surface area contributed by atoms with Crippen LogP contribution in [0.15, 0.2) is 24.3 Å². The van der Waals surface area contributed by atoms with E-state index in [0.29, 0.717) is 18.0 Å². The maximum Gasteiger partial charge on any atom is 0.247 e. The number of sulfonamides is 1. The van der Waals surface area contributed by atoms with Gasteiger partial charge in [-0.2, -0.15) is 4.31 Å². The van der Waals surface area contributed by atoms with Crippen LogP contribution in [-0.4, -0.2) is 80.4 Å². The molecule has 29 heavy (non-hydrogen) atoms. The number of carbonyl (C=O) groups excluding carboxylic acids is 3. The van der Waals surface area contributed by atoms with Crippen molar-refractivity contribution < 1.29 is 22.8 Å². The fourth-order valence-corrected chi connectivity index (χ4v) is 3.86. The number of likely N-dealkylation sites (N-methyl/N-ethyl adjacent to an activating group) is 1. The molecular weight excluding hydrogens is 420 g/mol. The molecule has 1 aliphatic heterocycles. The van der Waals surface area contributed by atoms with E-state index in [1.807, 2.05) is 12.1 Å². The molecule has 9 nitrogen and oxygen atoms in total. The van der Waals surface area contributed by atoms with E-state index in [1.54, 1.807) is 12.1 Å². The number of benzene rings is 1. The zero-order valence-corrected chi connectivity index (χ0v) is 18.1. The first kappa shape index (κ1) is 23.1. The second kappa shape index (κ2) is 9.10. The predicted octanol–water partition coefficient (Wildman–Crippen LogP) is -0.393. The second-order valence-electron chi connectivity index (χ2n) is 7.17. The van der Waals surface area contributed by atoms with Gasteiger partial charge in [0.2, 0.25) is 27.7 Å². The van der Waals surface area contributed by atoms with Crippen LogP contribution < -0.4 is 10.6 Å². The Labute approximate surface area is 175 Å². The van der Waals surface area contributed by atoms with Crippen molar-refractivity contribution in [3.05, 3.63) is 34.9 Å². The standard InChI is InChI=1S/C18H25ClN4O5S/c1-18(12-23(29(3,27)28)11-16(25)22(18)2)17(26)21-10-15(24)20-9-8-13-4-6-14(19)7-5-13/h4-7H,8-12H2,1-3H3,(H,20,24)(H,21,26). The first-order valence-electron chi connectivity index (χ1n) is 8.95. The van der Waals surface area contributed by atoms with Gasteiger partial charge < -0.3 is 15.5 Å². The number of nitrogens with one attached hydrogen (secondary N) is 2. The molecular formula is C18H25ClN4O5S. The van der Waals surface area contributed by atoms with E-state index in [0.717, 1.165) is 16.1 Å². The van der Waals surface area contributed by atoms with Crippen molar-refractivity contribution in [1.82, 2.24) is 19.8 Å². The third kappa shape index (κ3) is 5.91. The topological polar surface area (TPSA) is 116 Å². The highest BCUT2D eigenvalue weighted by Gasteiger charge is 2.47. The molecule has 1 aliphatic rings.